The van der Waals surface area contributed by atoms with E-state index >= 15 is 0 Å². The molecule has 0 unspecified atom stereocenters. The van der Waals surface area contributed by atoms with Gasteiger partial charge in [-0.3, -0.25) is 0 Å². The number of nitrogens with two attached hydrogens (primary N) is 1. The van der Waals surface area contributed by atoms with Gasteiger partial charge in [0.05, 0.1) is 0 Å². The Morgan fingerprint density at radius 1 is 1.31 bits per heavy atom. The summed E-state index contributed by atoms with van der Waals surface area (Å²) in [7, 11) is 0. The van der Waals surface area contributed by atoms with Gasteiger partial charge < -0.3 is 5.73 Å². The van der Waals surface area contributed by atoms with Gasteiger partial charge in [0.1, 0.15) is 0 Å². The molecule has 0 aliphatic carbocycles. The highest BCUT2D eigenvalue weighted by Gasteiger charge is 1.88. The van der Waals surface area contributed by atoms with Gasteiger partial charge in [-0.2, -0.15) is 0 Å². The van der Waals surface area contributed by atoms with Gasteiger partial charge >= 0.3 is 0 Å². The van der Waals surface area contributed by atoms with Crippen molar-refractivity contribution in [2.45, 2.75) is 13.8 Å². The summed E-state index contributed by atoms with van der Waals surface area (Å²) in [5.74, 6) is 0. The fraction of sp³-hybridized carbons (Fsp3) is 0.167. The van der Waals surface area contributed by atoms with Gasteiger partial charge in [-0.1, -0.05) is 36.4 Å². The molecule has 1 nitrogen and oxygen atoms in total. The Morgan fingerprint density at radius 2 is 1.92 bits per heavy atom. The van der Waals surface area contributed by atoms with Crippen molar-refractivity contribution in [1.82, 2.24) is 0 Å². The van der Waals surface area contributed by atoms with Crippen LogP contribution in [0, 0.1) is 0 Å². The minimum absolute atomic E-state index is 0.783. The molecule has 0 saturated carbocycles. The minimum atomic E-state index is 0.783. The van der Waals surface area contributed by atoms with Crippen LogP contribution in [0.3, 0.4) is 0 Å². The third-order valence-corrected chi connectivity index (χ3v) is 1.77. The lowest BCUT2D eigenvalue weighted by Crippen LogP contribution is -2.27. The molecule has 1 heteroatoms. The maximum Gasteiger partial charge on any atom is 0.0392 e. The third-order valence-electron chi connectivity index (χ3n) is 1.77. The summed E-state index contributed by atoms with van der Waals surface area (Å²) < 4.78 is 0. The summed E-state index contributed by atoms with van der Waals surface area (Å²) in [5.41, 5.74) is 7.88. The van der Waals surface area contributed by atoms with Crippen LogP contribution in [0.15, 0.2) is 35.9 Å². The van der Waals surface area contributed by atoms with Crippen molar-refractivity contribution >= 4 is 12.3 Å². The lowest BCUT2D eigenvalue weighted by molar-refractivity contribution is 1.36. The van der Waals surface area contributed by atoms with E-state index < -0.39 is 0 Å². The van der Waals surface area contributed by atoms with Crippen LogP contribution in [-0.4, -0.2) is 0 Å². The van der Waals surface area contributed by atoms with Gasteiger partial charge in [0.2, 0.25) is 0 Å². The maximum absolute atomic E-state index is 5.90. The molecule has 68 valence electrons. The predicted octanol–water partition coefficient (Wildman–Crippen LogP) is 1.13. The summed E-state index contributed by atoms with van der Waals surface area (Å²) >= 11 is 0. The summed E-state index contributed by atoms with van der Waals surface area (Å²) in [5, 5.41) is 1.99. The second kappa shape index (κ2) is 3.94. The molecule has 0 bridgehead atoms. The highest BCUT2D eigenvalue weighted by molar-refractivity contribution is 5.54. The summed E-state index contributed by atoms with van der Waals surface area (Å²) in [4.78, 5) is 0. The van der Waals surface area contributed by atoms with Crippen LogP contribution < -0.4 is 16.2 Å². The number of rotatable bonds is 1. The van der Waals surface area contributed by atoms with Crippen molar-refractivity contribution in [2.75, 3.05) is 0 Å². The van der Waals surface area contributed by atoms with Gasteiger partial charge in [-0.05, 0) is 25.1 Å². The van der Waals surface area contributed by atoms with Crippen LogP contribution in [-0.2, 0) is 0 Å². The molecule has 0 radical (unpaired) electrons. The largest absolute Gasteiger partial charge is 0.398 e. The van der Waals surface area contributed by atoms with E-state index in [1.54, 1.807) is 0 Å². The molecule has 0 aromatic heterocycles. The Hall–Kier alpha value is -1.50. The van der Waals surface area contributed by atoms with E-state index in [2.05, 4.69) is 6.58 Å². The van der Waals surface area contributed by atoms with Crippen LogP contribution in [0.25, 0.3) is 12.3 Å². The summed E-state index contributed by atoms with van der Waals surface area (Å²) in [6.07, 6.45) is 1.96. The van der Waals surface area contributed by atoms with Crippen LogP contribution in [0.5, 0.6) is 0 Å². The van der Waals surface area contributed by atoms with Crippen LogP contribution in [0.4, 0.5) is 0 Å². The molecule has 0 saturated heterocycles. The van der Waals surface area contributed by atoms with Gasteiger partial charge in [0.15, 0.2) is 0 Å². The van der Waals surface area contributed by atoms with Crippen molar-refractivity contribution in [3.63, 3.8) is 0 Å². The van der Waals surface area contributed by atoms with E-state index in [0.29, 0.717) is 0 Å². The van der Waals surface area contributed by atoms with Gasteiger partial charge in [-0.25, -0.2) is 0 Å². The van der Waals surface area contributed by atoms with E-state index in [9.17, 15) is 0 Å². The quantitative estimate of drug-likeness (QED) is 0.677. The Kier molecular flexibility index (Phi) is 2.91. The standard InChI is InChI=1S/C12H15N/c1-9(2)8-12(13)11-7-5-4-6-10(11)3/h4-8H,3,13H2,1-2H3/b12-11+. The first-order chi connectivity index (χ1) is 6.11. The van der Waals surface area contributed by atoms with Gasteiger partial charge in [-0.15, -0.1) is 0 Å². The lowest BCUT2D eigenvalue weighted by atomic mass is 10.2. The molecule has 0 aliphatic rings. The second-order valence-corrected chi connectivity index (χ2v) is 3.33. The molecule has 0 heterocycles. The molecular weight excluding hydrogens is 158 g/mol. The Morgan fingerprint density at radius 3 is 2.46 bits per heavy atom. The third kappa shape index (κ3) is 2.48. The zero-order valence-corrected chi connectivity index (χ0v) is 8.17. The first-order valence-corrected chi connectivity index (χ1v) is 4.30. The minimum Gasteiger partial charge on any atom is -0.398 e. The monoisotopic (exact) mass is 173 g/mol. The average molecular weight is 173 g/mol. The number of hydrogen-bond donors (Lipinski definition) is 1. The molecule has 0 amide bonds. The van der Waals surface area contributed by atoms with Crippen molar-refractivity contribution in [3.05, 3.63) is 46.4 Å². The fourth-order valence-corrected chi connectivity index (χ4v) is 1.19. The van der Waals surface area contributed by atoms with E-state index in [4.69, 9.17) is 5.73 Å². The molecule has 2 N–H and O–H groups in total. The first kappa shape index (κ1) is 9.59. The fourth-order valence-electron chi connectivity index (χ4n) is 1.19. The van der Waals surface area contributed by atoms with E-state index in [1.807, 2.05) is 44.2 Å². The molecule has 0 atom stereocenters. The maximum atomic E-state index is 5.90. The molecule has 0 aliphatic heterocycles. The molecule has 13 heavy (non-hydrogen) atoms. The highest BCUT2D eigenvalue weighted by Crippen LogP contribution is 1.92. The van der Waals surface area contributed by atoms with Gasteiger partial charge in [0.25, 0.3) is 0 Å². The molecule has 0 spiro atoms. The topological polar surface area (TPSA) is 26.0 Å². The van der Waals surface area contributed by atoms with Crippen LogP contribution in [0.1, 0.15) is 13.8 Å². The van der Waals surface area contributed by atoms with Gasteiger partial charge in [0, 0.05) is 10.9 Å². The highest BCUT2D eigenvalue weighted by atomic mass is 14.6. The normalized spacial score (nSPS) is 12.2. The zero-order valence-electron chi connectivity index (χ0n) is 8.17. The Balaban J connectivity index is 3.43. The second-order valence-electron chi connectivity index (χ2n) is 3.33. The van der Waals surface area contributed by atoms with Crippen molar-refractivity contribution in [1.29, 1.82) is 0 Å². The van der Waals surface area contributed by atoms with Crippen molar-refractivity contribution in [3.8, 4) is 0 Å². The Bertz CT molecular complexity index is 423. The summed E-state index contributed by atoms with van der Waals surface area (Å²) in [6, 6.07) is 7.87. The smallest absolute Gasteiger partial charge is 0.0392 e. The van der Waals surface area contributed by atoms with Crippen LogP contribution in [0.2, 0.25) is 0 Å². The zero-order chi connectivity index (χ0) is 9.84. The average Bonchev–Trinajstić information content (AvgIpc) is 2.03. The summed E-state index contributed by atoms with van der Waals surface area (Å²) in [6.45, 7) is 7.97. The van der Waals surface area contributed by atoms with E-state index in [-0.39, 0.29) is 0 Å². The Labute approximate surface area is 78.9 Å². The predicted molar refractivity (Wildman–Crippen MR) is 58.2 cm³/mol. The molecule has 1 aromatic rings. The molecule has 1 rings (SSSR count). The number of hydrogen-bond acceptors (Lipinski definition) is 1. The SMILES string of the molecule is C=c1cccc/c1=C(\N)C=C(C)C. The molecule has 1 aromatic carbocycles. The van der Waals surface area contributed by atoms with E-state index in [0.717, 1.165) is 16.1 Å². The van der Waals surface area contributed by atoms with Crippen molar-refractivity contribution < 1.29 is 0 Å². The number of benzene rings is 1. The molecular formula is C12H15N. The van der Waals surface area contributed by atoms with Crippen molar-refractivity contribution in [2.24, 2.45) is 5.73 Å². The van der Waals surface area contributed by atoms with E-state index in [1.165, 1.54) is 5.57 Å². The lowest BCUT2D eigenvalue weighted by Gasteiger charge is -1.95. The number of allylic oxidation sites excluding steroid dienone is 1. The van der Waals surface area contributed by atoms with Crippen LogP contribution >= 0.6 is 0 Å². The molecule has 0 fully saturated rings. The first-order valence-electron chi connectivity index (χ1n) is 4.30.